The molecule has 1 aromatic rings. The Labute approximate surface area is 116 Å². The average Bonchev–Trinajstić information content (AvgIpc) is 2.47. The maximum absolute atomic E-state index is 12.1. The number of nitrogens with one attached hydrogen (secondary N) is 2. The van der Waals surface area contributed by atoms with Gasteiger partial charge in [0.15, 0.2) is 0 Å². The number of aromatic carboxylic acids is 1. The second-order valence-corrected chi connectivity index (χ2v) is 4.38. The lowest BCUT2D eigenvalue weighted by Crippen LogP contribution is -2.48. The monoisotopic (exact) mass is 279 g/mol. The number of carboxylic acid groups (broad SMARTS) is 1. The third kappa shape index (κ3) is 3.18. The molecule has 0 bridgehead atoms. The predicted molar refractivity (Wildman–Crippen MR) is 73.4 cm³/mol. The molecule has 1 aliphatic heterocycles. The first-order valence-corrected chi connectivity index (χ1v) is 6.30. The molecule has 0 aliphatic carbocycles. The Morgan fingerprint density at radius 1 is 1.35 bits per heavy atom. The smallest absolute Gasteiger partial charge is 0.337 e. The highest BCUT2D eigenvalue weighted by atomic mass is 16.5. The Morgan fingerprint density at radius 2 is 2.05 bits per heavy atom. The minimum atomic E-state index is -1.09. The summed E-state index contributed by atoms with van der Waals surface area (Å²) >= 11 is 0. The van der Waals surface area contributed by atoms with Gasteiger partial charge in [-0.25, -0.2) is 9.59 Å². The van der Waals surface area contributed by atoms with Crippen molar-refractivity contribution in [3.05, 3.63) is 23.8 Å². The van der Waals surface area contributed by atoms with Gasteiger partial charge < -0.3 is 25.4 Å². The Kier molecular flexibility index (Phi) is 4.41. The summed E-state index contributed by atoms with van der Waals surface area (Å²) in [5.74, 6) is -0.603. The molecule has 20 heavy (non-hydrogen) atoms. The van der Waals surface area contributed by atoms with Gasteiger partial charge in [-0.2, -0.15) is 0 Å². The summed E-state index contributed by atoms with van der Waals surface area (Å²) in [6.07, 6.45) is 0. The van der Waals surface area contributed by atoms with Gasteiger partial charge in [0.2, 0.25) is 0 Å². The molecule has 0 radical (unpaired) electrons. The van der Waals surface area contributed by atoms with E-state index >= 15 is 0 Å². The van der Waals surface area contributed by atoms with Crippen LogP contribution in [0.5, 0.6) is 5.75 Å². The van der Waals surface area contributed by atoms with Gasteiger partial charge in [0.1, 0.15) is 5.75 Å². The molecule has 1 heterocycles. The predicted octanol–water partition coefficient (Wildman–Crippen LogP) is 0.830. The second-order valence-electron chi connectivity index (χ2n) is 4.38. The Balaban J connectivity index is 2.17. The summed E-state index contributed by atoms with van der Waals surface area (Å²) in [5, 5.41) is 14.9. The quantitative estimate of drug-likeness (QED) is 0.762. The lowest BCUT2D eigenvalue weighted by molar-refractivity contribution is 0.0698. The maximum atomic E-state index is 12.1. The van der Waals surface area contributed by atoms with Gasteiger partial charge >= 0.3 is 12.0 Å². The van der Waals surface area contributed by atoms with Crippen molar-refractivity contribution in [1.29, 1.82) is 0 Å². The molecule has 0 spiro atoms. The van der Waals surface area contributed by atoms with Gasteiger partial charge in [0.05, 0.1) is 18.4 Å². The van der Waals surface area contributed by atoms with Crippen LogP contribution in [-0.2, 0) is 0 Å². The van der Waals surface area contributed by atoms with Gasteiger partial charge in [-0.05, 0) is 12.1 Å². The van der Waals surface area contributed by atoms with E-state index in [-0.39, 0.29) is 17.3 Å². The number of hydrogen-bond acceptors (Lipinski definition) is 4. The summed E-state index contributed by atoms with van der Waals surface area (Å²) in [5.41, 5.74) is 0.273. The van der Waals surface area contributed by atoms with E-state index in [1.807, 2.05) is 0 Å². The fourth-order valence-electron chi connectivity index (χ4n) is 2.00. The highest BCUT2D eigenvalue weighted by Crippen LogP contribution is 2.23. The molecule has 1 aromatic carbocycles. The first-order valence-electron chi connectivity index (χ1n) is 6.30. The number of anilines is 1. The van der Waals surface area contributed by atoms with Gasteiger partial charge in [-0.1, -0.05) is 0 Å². The Morgan fingerprint density at radius 3 is 2.65 bits per heavy atom. The molecule has 0 aromatic heterocycles. The number of rotatable bonds is 3. The maximum Gasteiger partial charge on any atom is 0.337 e. The summed E-state index contributed by atoms with van der Waals surface area (Å²) < 4.78 is 5.05. The van der Waals surface area contributed by atoms with E-state index in [2.05, 4.69) is 10.6 Å². The topological polar surface area (TPSA) is 90.9 Å². The lowest BCUT2D eigenvalue weighted by atomic mass is 10.1. The number of ether oxygens (including phenoxy) is 1. The molecule has 1 aliphatic rings. The molecular weight excluding hydrogens is 262 g/mol. The van der Waals surface area contributed by atoms with Crippen molar-refractivity contribution in [2.45, 2.75) is 0 Å². The largest absolute Gasteiger partial charge is 0.497 e. The second kappa shape index (κ2) is 6.25. The molecule has 1 fully saturated rings. The summed E-state index contributed by atoms with van der Waals surface area (Å²) in [7, 11) is 1.48. The SMILES string of the molecule is COc1ccc(C(=O)O)c(NC(=O)N2CCNCC2)c1. The zero-order chi connectivity index (χ0) is 14.5. The molecule has 0 unspecified atom stereocenters. The number of nitrogens with zero attached hydrogens (tertiary/aromatic N) is 1. The van der Waals surface area contributed by atoms with Crippen molar-refractivity contribution < 1.29 is 19.4 Å². The normalized spacial score (nSPS) is 14.8. The van der Waals surface area contributed by atoms with Crippen LogP contribution in [0, 0.1) is 0 Å². The minimum absolute atomic E-state index is 0.0364. The van der Waals surface area contributed by atoms with Crippen molar-refractivity contribution >= 4 is 17.7 Å². The Bertz CT molecular complexity index is 512. The fourth-order valence-corrected chi connectivity index (χ4v) is 2.00. The van der Waals surface area contributed by atoms with Crippen LogP contribution in [0.4, 0.5) is 10.5 Å². The Hall–Kier alpha value is -2.28. The first-order chi connectivity index (χ1) is 9.61. The van der Waals surface area contributed by atoms with Crippen LogP contribution in [-0.4, -0.2) is 55.3 Å². The third-order valence-electron chi connectivity index (χ3n) is 3.10. The molecule has 108 valence electrons. The van der Waals surface area contributed by atoms with Crippen LogP contribution in [0.3, 0.4) is 0 Å². The summed E-state index contributed by atoms with van der Waals surface area (Å²) in [6.45, 7) is 2.66. The first kappa shape index (κ1) is 14.1. The van der Waals surface area contributed by atoms with Gasteiger partial charge in [-0.3, -0.25) is 0 Å². The highest BCUT2D eigenvalue weighted by molar-refractivity contribution is 6.00. The van der Waals surface area contributed by atoms with E-state index in [1.165, 1.54) is 19.2 Å². The number of benzene rings is 1. The highest BCUT2D eigenvalue weighted by Gasteiger charge is 2.19. The van der Waals surface area contributed by atoms with E-state index < -0.39 is 5.97 Å². The van der Waals surface area contributed by atoms with Crippen LogP contribution < -0.4 is 15.4 Å². The number of urea groups is 1. The van der Waals surface area contributed by atoms with Crippen molar-refractivity contribution in [2.75, 3.05) is 38.6 Å². The van der Waals surface area contributed by atoms with E-state index in [0.717, 1.165) is 13.1 Å². The van der Waals surface area contributed by atoms with Gasteiger partial charge in [-0.15, -0.1) is 0 Å². The standard InChI is InChI=1S/C13H17N3O4/c1-20-9-2-3-10(12(17)18)11(8-9)15-13(19)16-6-4-14-5-7-16/h2-3,8,14H,4-7H2,1H3,(H,15,19)(H,17,18). The van der Waals surface area contributed by atoms with Crippen LogP contribution in [0.25, 0.3) is 0 Å². The molecule has 3 N–H and O–H groups in total. The van der Waals surface area contributed by atoms with Crippen molar-refractivity contribution in [3.8, 4) is 5.75 Å². The number of methoxy groups -OCH3 is 1. The van der Waals surface area contributed by atoms with Crippen LogP contribution in [0.2, 0.25) is 0 Å². The number of carboxylic acids is 1. The number of carbonyl (C=O) groups is 2. The van der Waals surface area contributed by atoms with Crippen molar-refractivity contribution in [3.63, 3.8) is 0 Å². The van der Waals surface area contributed by atoms with E-state index in [1.54, 1.807) is 11.0 Å². The summed E-state index contributed by atoms with van der Waals surface area (Å²) in [4.78, 5) is 24.9. The molecule has 2 amide bonds. The average molecular weight is 279 g/mol. The van der Waals surface area contributed by atoms with Crippen LogP contribution >= 0.6 is 0 Å². The molecule has 7 nitrogen and oxygen atoms in total. The lowest BCUT2D eigenvalue weighted by Gasteiger charge is -2.27. The molecule has 1 saturated heterocycles. The van der Waals surface area contributed by atoms with Crippen molar-refractivity contribution in [1.82, 2.24) is 10.2 Å². The molecular formula is C13H17N3O4. The van der Waals surface area contributed by atoms with E-state index in [0.29, 0.717) is 18.8 Å². The molecule has 0 atom stereocenters. The van der Waals surface area contributed by atoms with E-state index in [4.69, 9.17) is 9.84 Å². The molecule has 0 saturated carbocycles. The van der Waals surface area contributed by atoms with E-state index in [9.17, 15) is 9.59 Å². The fraction of sp³-hybridized carbons (Fsp3) is 0.385. The molecule has 2 rings (SSSR count). The van der Waals surface area contributed by atoms with Crippen LogP contribution in [0.15, 0.2) is 18.2 Å². The van der Waals surface area contributed by atoms with Gasteiger partial charge in [0.25, 0.3) is 0 Å². The van der Waals surface area contributed by atoms with Crippen molar-refractivity contribution in [2.24, 2.45) is 0 Å². The number of piperazine rings is 1. The summed E-state index contributed by atoms with van der Waals surface area (Å²) in [6, 6.07) is 4.16. The number of hydrogen-bond donors (Lipinski definition) is 3. The zero-order valence-corrected chi connectivity index (χ0v) is 11.2. The van der Waals surface area contributed by atoms with Gasteiger partial charge in [0, 0.05) is 32.2 Å². The number of amides is 2. The van der Waals surface area contributed by atoms with Crippen LogP contribution in [0.1, 0.15) is 10.4 Å². The number of carbonyl (C=O) groups excluding carboxylic acids is 1. The molecule has 7 heteroatoms. The zero-order valence-electron chi connectivity index (χ0n) is 11.2. The minimum Gasteiger partial charge on any atom is -0.497 e. The third-order valence-corrected chi connectivity index (χ3v) is 3.10.